The molecule has 1 aromatic heterocycles. The molecule has 1 nitrogen and oxygen atoms in total. The number of hydrogen-bond donors (Lipinski definition) is 0. The molecule has 1 rings (SSSR count). The molecule has 0 radical (unpaired) electrons. The second kappa shape index (κ2) is 6.80. The van der Waals surface area contributed by atoms with Crippen LogP contribution in [0.5, 0.6) is 0 Å². The summed E-state index contributed by atoms with van der Waals surface area (Å²) < 4.78 is 0. The van der Waals surface area contributed by atoms with Gasteiger partial charge in [0.2, 0.25) is 0 Å². The summed E-state index contributed by atoms with van der Waals surface area (Å²) in [6.45, 7) is 9.65. The van der Waals surface area contributed by atoms with Gasteiger partial charge in [-0.2, -0.15) is 0 Å². The van der Waals surface area contributed by atoms with Crippen LogP contribution in [0.3, 0.4) is 0 Å². The Morgan fingerprint density at radius 3 is 2.67 bits per heavy atom. The first-order valence-corrected chi connectivity index (χ1v) is 4.95. The molecule has 0 aliphatic heterocycles. The number of rotatable bonds is 2. The smallest absolute Gasteiger partial charge is 0.0805 e. The number of hydrogen-bond acceptors (Lipinski definition) is 2. The van der Waals surface area contributed by atoms with Crippen molar-refractivity contribution in [1.82, 2.24) is 4.98 Å². The van der Waals surface area contributed by atoms with Crippen LogP contribution >= 0.6 is 11.3 Å². The second-order valence-corrected chi connectivity index (χ2v) is 2.69. The van der Waals surface area contributed by atoms with E-state index in [2.05, 4.69) is 11.6 Å². The van der Waals surface area contributed by atoms with Crippen LogP contribution in [0.1, 0.15) is 31.3 Å². The summed E-state index contributed by atoms with van der Waals surface area (Å²) >= 11 is 1.63. The molecule has 0 N–H and O–H groups in total. The third-order valence-corrected chi connectivity index (χ3v) is 1.95. The zero-order valence-corrected chi connectivity index (χ0v) is 8.69. The number of thiazole rings is 1. The van der Waals surface area contributed by atoms with E-state index in [1.807, 2.05) is 38.4 Å². The Morgan fingerprint density at radius 2 is 2.17 bits per heavy atom. The number of nitrogens with zero attached hydrogens (tertiary/aromatic N) is 1. The topological polar surface area (TPSA) is 12.9 Å². The Kier molecular flexibility index (Phi) is 6.29. The summed E-state index contributed by atoms with van der Waals surface area (Å²) in [6, 6.07) is 0. The SMILES string of the molecule is C=Cc1ncsc1/C=C\C.CC. The quantitative estimate of drug-likeness (QED) is 0.675. The highest BCUT2D eigenvalue weighted by Gasteiger charge is 1.95. The van der Waals surface area contributed by atoms with Crippen molar-refractivity contribution in [3.8, 4) is 0 Å². The van der Waals surface area contributed by atoms with Crippen LogP contribution < -0.4 is 0 Å². The van der Waals surface area contributed by atoms with Gasteiger partial charge in [-0.1, -0.05) is 26.5 Å². The van der Waals surface area contributed by atoms with Crippen molar-refractivity contribution in [2.45, 2.75) is 20.8 Å². The fourth-order valence-electron chi connectivity index (χ4n) is 0.693. The van der Waals surface area contributed by atoms with Gasteiger partial charge in [0.25, 0.3) is 0 Å². The molecule has 12 heavy (non-hydrogen) atoms. The zero-order chi connectivity index (χ0) is 9.40. The number of aromatic nitrogens is 1. The van der Waals surface area contributed by atoms with Crippen LogP contribution in [0.4, 0.5) is 0 Å². The maximum absolute atomic E-state index is 4.10. The highest BCUT2D eigenvalue weighted by atomic mass is 32.1. The van der Waals surface area contributed by atoms with Gasteiger partial charge in [0.05, 0.1) is 16.1 Å². The predicted molar refractivity (Wildman–Crippen MR) is 58.3 cm³/mol. The molecule has 1 aromatic rings. The van der Waals surface area contributed by atoms with Crippen LogP contribution in [0, 0.1) is 0 Å². The summed E-state index contributed by atoms with van der Waals surface area (Å²) in [4.78, 5) is 5.28. The lowest BCUT2D eigenvalue weighted by Crippen LogP contribution is -1.70. The molecule has 0 aliphatic rings. The van der Waals surface area contributed by atoms with Gasteiger partial charge >= 0.3 is 0 Å². The van der Waals surface area contributed by atoms with E-state index in [0.29, 0.717) is 0 Å². The van der Waals surface area contributed by atoms with Crippen molar-refractivity contribution < 1.29 is 0 Å². The van der Waals surface area contributed by atoms with E-state index >= 15 is 0 Å². The van der Waals surface area contributed by atoms with Crippen LogP contribution in [-0.4, -0.2) is 4.98 Å². The van der Waals surface area contributed by atoms with Gasteiger partial charge in [0, 0.05) is 0 Å². The fraction of sp³-hybridized carbons (Fsp3) is 0.300. The Morgan fingerprint density at radius 1 is 1.50 bits per heavy atom. The number of allylic oxidation sites excluding steroid dienone is 1. The normalized spacial score (nSPS) is 9.25. The molecular formula is C10H15NS. The largest absolute Gasteiger partial charge is 0.245 e. The summed E-state index contributed by atoms with van der Waals surface area (Å²) in [5, 5.41) is 0. The molecule has 0 atom stereocenters. The monoisotopic (exact) mass is 181 g/mol. The van der Waals surface area contributed by atoms with Crippen LogP contribution in [0.2, 0.25) is 0 Å². The van der Waals surface area contributed by atoms with E-state index < -0.39 is 0 Å². The molecule has 2 heteroatoms. The lowest BCUT2D eigenvalue weighted by Gasteiger charge is -1.84. The van der Waals surface area contributed by atoms with Gasteiger partial charge in [-0.05, 0) is 19.1 Å². The first-order valence-electron chi connectivity index (χ1n) is 4.07. The zero-order valence-electron chi connectivity index (χ0n) is 7.87. The van der Waals surface area contributed by atoms with Gasteiger partial charge < -0.3 is 0 Å². The van der Waals surface area contributed by atoms with E-state index in [9.17, 15) is 0 Å². The standard InChI is InChI=1S/C8H9NS.C2H6/c1-3-5-8-7(4-2)9-6-10-8;1-2/h3-6H,2H2,1H3;1-2H3/b5-3-;. The highest BCUT2D eigenvalue weighted by Crippen LogP contribution is 2.15. The van der Waals surface area contributed by atoms with E-state index in [-0.39, 0.29) is 0 Å². The third-order valence-electron chi connectivity index (χ3n) is 1.14. The Labute approximate surface area is 78.5 Å². The van der Waals surface area contributed by atoms with Gasteiger partial charge in [0.15, 0.2) is 0 Å². The Hall–Kier alpha value is -0.890. The molecular weight excluding hydrogens is 166 g/mol. The molecule has 1 heterocycles. The summed E-state index contributed by atoms with van der Waals surface area (Å²) in [7, 11) is 0. The van der Waals surface area contributed by atoms with E-state index in [4.69, 9.17) is 0 Å². The molecule has 0 aromatic carbocycles. The average molecular weight is 181 g/mol. The molecule has 0 aliphatic carbocycles. The van der Waals surface area contributed by atoms with Crippen LogP contribution in [0.15, 0.2) is 18.2 Å². The maximum Gasteiger partial charge on any atom is 0.0805 e. The molecule has 66 valence electrons. The van der Waals surface area contributed by atoms with Crippen molar-refractivity contribution in [2.24, 2.45) is 0 Å². The lowest BCUT2D eigenvalue weighted by molar-refractivity contribution is 1.38. The van der Waals surface area contributed by atoms with Gasteiger partial charge in [-0.3, -0.25) is 0 Å². The van der Waals surface area contributed by atoms with Crippen molar-refractivity contribution in [3.05, 3.63) is 28.7 Å². The fourth-order valence-corrected chi connectivity index (χ4v) is 1.44. The van der Waals surface area contributed by atoms with E-state index in [1.165, 1.54) is 4.88 Å². The van der Waals surface area contributed by atoms with Crippen molar-refractivity contribution >= 4 is 23.5 Å². The van der Waals surface area contributed by atoms with Crippen molar-refractivity contribution in [2.75, 3.05) is 0 Å². The minimum absolute atomic E-state index is 0.975. The van der Waals surface area contributed by atoms with E-state index in [0.717, 1.165) is 5.69 Å². The molecule has 0 fully saturated rings. The first-order chi connectivity index (χ1) is 5.88. The van der Waals surface area contributed by atoms with Crippen LogP contribution in [-0.2, 0) is 0 Å². The van der Waals surface area contributed by atoms with Gasteiger partial charge in [-0.25, -0.2) is 4.98 Å². The minimum atomic E-state index is 0.975. The molecule has 0 saturated carbocycles. The Bertz CT molecular complexity index is 248. The predicted octanol–water partition coefficient (Wildman–Crippen LogP) is 3.85. The summed E-state index contributed by atoms with van der Waals surface area (Å²) in [5.74, 6) is 0. The van der Waals surface area contributed by atoms with Gasteiger partial charge in [0.1, 0.15) is 0 Å². The second-order valence-electron chi connectivity index (χ2n) is 1.81. The Balaban J connectivity index is 0.000000561. The molecule has 0 saturated heterocycles. The molecule has 0 unspecified atom stereocenters. The average Bonchev–Trinajstić information content (AvgIpc) is 2.56. The first kappa shape index (κ1) is 11.1. The minimum Gasteiger partial charge on any atom is -0.245 e. The van der Waals surface area contributed by atoms with E-state index in [1.54, 1.807) is 17.4 Å². The molecule has 0 amide bonds. The highest BCUT2D eigenvalue weighted by molar-refractivity contribution is 7.10. The summed E-state index contributed by atoms with van der Waals surface area (Å²) in [5.41, 5.74) is 2.80. The van der Waals surface area contributed by atoms with Crippen LogP contribution in [0.25, 0.3) is 12.2 Å². The summed E-state index contributed by atoms with van der Waals surface area (Å²) in [6.07, 6.45) is 5.81. The van der Waals surface area contributed by atoms with Crippen molar-refractivity contribution in [1.29, 1.82) is 0 Å². The van der Waals surface area contributed by atoms with Gasteiger partial charge in [-0.15, -0.1) is 11.3 Å². The third kappa shape index (κ3) is 3.01. The molecule has 0 spiro atoms. The molecule has 0 bridgehead atoms. The maximum atomic E-state index is 4.10. The lowest BCUT2D eigenvalue weighted by atomic mass is 10.3. The van der Waals surface area contributed by atoms with Crippen molar-refractivity contribution in [3.63, 3.8) is 0 Å².